The minimum atomic E-state index is -1.34. The second-order valence-corrected chi connectivity index (χ2v) is 8.93. The van der Waals surface area contributed by atoms with Crippen LogP contribution in [0.4, 0.5) is 9.52 Å². The fraction of sp³-hybridized carbons (Fsp3) is 0.200. The third kappa shape index (κ3) is 3.77. The lowest BCUT2D eigenvalue weighted by Crippen LogP contribution is -2.29. The number of amides is 1. The summed E-state index contributed by atoms with van der Waals surface area (Å²) in [4.78, 5) is 44.1. The molecule has 36 heavy (non-hydrogen) atoms. The molecule has 1 fully saturated rings. The number of halogens is 1. The molecule has 0 saturated carbocycles. The highest BCUT2D eigenvalue weighted by Crippen LogP contribution is 2.45. The molecule has 1 N–H and O–H groups in total. The normalized spacial score (nSPS) is 18.4. The number of carbonyl (C=O) groups is 3. The van der Waals surface area contributed by atoms with E-state index in [-0.39, 0.29) is 32.4 Å². The molecular weight excluding hydrogens is 491 g/mol. The molecule has 1 aromatic heterocycles. The Morgan fingerprint density at radius 1 is 1.17 bits per heavy atom. The van der Waals surface area contributed by atoms with Gasteiger partial charge in [0.05, 0.1) is 18.4 Å². The highest BCUT2D eigenvalue weighted by Gasteiger charge is 2.49. The van der Waals surface area contributed by atoms with Gasteiger partial charge in [0.15, 0.2) is 16.6 Å². The van der Waals surface area contributed by atoms with Gasteiger partial charge >= 0.3 is 11.9 Å². The Bertz CT molecular complexity index is 1450. The molecule has 0 aliphatic carbocycles. The Balaban J connectivity index is 1.70. The Morgan fingerprint density at radius 2 is 1.89 bits per heavy atom. The van der Waals surface area contributed by atoms with Crippen molar-refractivity contribution in [2.24, 2.45) is 0 Å². The minimum Gasteiger partial charge on any atom is -0.507 e. The number of thiazole rings is 1. The van der Waals surface area contributed by atoms with Gasteiger partial charge in [-0.3, -0.25) is 14.5 Å². The SMILES string of the molecule is COC(=O)c1sc(N2C(=O)C(=O)/C(=C(/O)c3ccc4c(c3)OCCO4)[C@@H]2c2ccccc2F)nc1C. The van der Waals surface area contributed by atoms with E-state index in [0.29, 0.717) is 24.7 Å². The van der Waals surface area contributed by atoms with Crippen molar-refractivity contribution in [1.29, 1.82) is 0 Å². The van der Waals surface area contributed by atoms with Gasteiger partial charge in [-0.15, -0.1) is 0 Å². The van der Waals surface area contributed by atoms with Gasteiger partial charge in [-0.2, -0.15) is 0 Å². The van der Waals surface area contributed by atoms with Crippen molar-refractivity contribution < 1.29 is 38.1 Å². The first-order valence-electron chi connectivity index (χ1n) is 10.8. The quantitative estimate of drug-likeness (QED) is 0.244. The van der Waals surface area contributed by atoms with Gasteiger partial charge in [0, 0.05) is 11.1 Å². The van der Waals surface area contributed by atoms with Crippen molar-refractivity contribution in [3.63, 3.8) is 0 Å². The molecule has 0 unspecified atom stereocenters. The first kappa shape index (κ1) is 23.5. The molecule has 3 heterocycles. The largest absolute Gasteiger partial charge is 0.507 e. The highest BCUT2D eigenvalue weighted by atomic mass is 32.1. The van der Waals surface area contributed by atoms with Crippen LogP contribution in [0, 0.1) is 12.7 Å². The molecule has 11 heteroatoms. The van der Waals surface area contributed by atoms with Crippen molar-refractivity contribution in [3.8, 4) is 11.5 Å². The molecule has 0 spiro atoms. The van der Waals surface area contributed by atoms with E-state index in [1.807, 2.05) is 0 Å². The zero-order chi connectivity index (χ0) is 25.6. The molecule has 1 amide bonds. The fourth-order valence-electron chi connectivity index (χ4n) is 4.13. The van der Waals surface area contributed by atoms with Crippen molar-refractivity contribution in [1.82, 2.24) is 4.98 Å². The molecule has 0 radical (unpaired) electrons. The van der Waals surface area contributed by atoms with Gasteiger partial charge in [-0.05, 0) is 31.2 Å². The van der Waals surface area contributed by atoms with Crippen LogP contribution in [-0.4, -0.2) is 48.1 Å². The highest BCUT2D eigenvalue weighted by molar-refractivity contribution is 7.17. The van der Waals surface area contributed by atoms with Crippen LogP contribution in [0.15, 0.2) is 48.0 Å². The second-order valence-electron chi connectivity index (χ2n) is 7.95. The third-order valence-electron chi connectivity index (χ3n) is 5.82. The summed E-state index contributed by atoms with van der Waals surface area (Å²) in [7, 11) is 1.21. The molecule has 2 aliphatic heterocycles. The summed E-state index contributed by atoms with van der Waals surface area (Å²) in [5, 5.41) is 11.2. The van der Waals surface area contributed by atoms with Crippen LogP contribution in [0.2, 0.25) is 0 Å². The first-order valence-corrected chi connectivity index (χ1v) is 11.6. The number of nitrogens with zero attached hydrogens (tertiary/aromatic N) is 2. The second kappa shape index (κ2) is 9.08. The van der Waals surface area contributed by atoms with E-state index in [1.165, 1.54) is 37.4 Å². The summed E-state index contributed by atoms with van der Waals surface area (Å²) >= 11 is 0.832. The Kier molecular flexibility index (Phi) is 5.92. The number of aliphatic hydroxyl groups is 1. The summed E-state index contributed by atoms with van der Waals surface area (Å²) < 4.78 is 30.9. The van der Waals surface area contributed by atoms with Crippen LogP contribution in [0.5, 0.6) is 11.5 Å². The van der Waals surface area contributed by atoms with Crippen molar-refractivity contribution in [3.05, 3.63) is 75.6 Å². The molecule has 5 rings (SSSR count). The maximum absolute atomic E-state index is 15.0. The van der Waals surface area contributed by atoms with E-state index < -0.39 is 35.3 Å². The number of aliphatic hydroxyl groups excluding tert-OH is 1. The van der Waals surface area contributed by atoms with Crippen LogP contribution < -0.4 is 14.4 Å². The molecular formula is C25H19FN2O7S. The number of rotatable bonds is 4. The number of methoxy groups -OCH3 is 1. The lowest BCUT2D eigenvalue weighted by molar-refractivity contribution is -0.132. The van der Waals surface area contributed by atoms with E-state index in [4.69, 9.17) is 14.2 Å². The van der Waals surface area contributed by atoms with Crippen molar-refractivity contribution in [2.45, 2.75) is 13.0 Å². The molecule has 1 atom stereocenters. The maximum Gasteiger partial charge on any atom is 0.350 e. The van der Waals surface area contributed by atoms with Crippen LogP contribution in [0.25, 0.3) is 5.76 Å². The van der Waals surface area contributed by atoms with Crippen LogP contribution in [-0.2, 0) is 14.3 Å². The Hall–Kier alpha value is -4.25. The van der Waals surface area contributed by atoms with Gasteiger partial charge in [-0.25, -0.2) is 14.2 Å². The number of hydrogen-bond donors (Lipinski definition) is 1. The van der Waals surface area contributed by atoms with E-state index >= 15 is 4.39 Å². The molecule has 9 nitrogen and oxygen atoms in total. The van der Waals surface area contributed by atoms with Gasteiger partial charge in [0.25, 0.3) is 5.78 Å². The van der Waals surface area contributed by atoms with E-state index in [2.05, 4.69) is 4.98 Å². The number of anilines is 1. The van der Waals surface area contributed by atoms with Crippen molar-refractivity contribution >= 4 is 39.9 Å². The van der Waals surface area contributed by atoms with Gasteiger partial charge in [0.1, 0.15) is 35.7 Å². The third-order valence-corrected chi connectivity index (χ3v) is 6.96. The first-order chi connectivity index (χ1) is 17.3. The number of benzene rings is 2. The van der Waals surface area contributed by atoms with E-state index in [9.17, 15) is 19.5 Å². The number of aryl methyl sites for hydroxylation is 1. The molecule has 2 aliphatic rings. The summed E-state index contributed by atoms with van der Waals surface area (Å²) in [6.07, 6.45) is 0. The number of esters is 1. The molecule has 2 aromatic carbocycles. The number of carbonyl (C=O) groups excluding carboxylic acids is 3. The topological polar surface area (TPSA) is 115 Å². The standard InChI is InChI=1S/C25H19FN2O7S/c1-12-22(24(32)33-2)36-25(27-12)28-19(14-5-3-4-6-15(14)26)18(21(30)23(28)31)20(29)13-7-8-16-17(11-13)35-10-9-34-16/h3-8,11,19,29H,9-10H2,1-2H3/b20-18+/t19-/m0/s1. The van der Waals surface area contributed by atoms with Gasteiger partial charge in [0.2, 0.25) is 0 Å². The van der Waals surface area contributed by atoms with Crippen LogP contribution in [0.1, 0.15) is 32.5 Å². The lowest BCUT2D eigenvalue weighted by atomic mass is 9.95. The average Bonchev–Trinajstić information content (AvgIpc) is 3.39. The van der Waals surface area contributed by atoms with Crippen LogP contribution >= 0.6 is 11.3 Å². The number of aromatic nitrogens is 1. The number of ketones is 1. The molecule has 0 bridgehead atoms. The number of hydrogen-bond acceptors (Lipinski definition) is 9. The summed E-state index contributed by atoms with van der Waals surface area (Å²) in [5.74, 6) is -3.08. The predicted molar refractivity (Wildman–Crippen MR) is 127 cm³/mol. The monoisotopic (exact) mass is 510 g/mol. The van der Waals surface area contributed by atoms with Gasteiger partial charge < -0.3 is 19.3 Å². The van der Waals surface area contributed by atoms with E-state index in [0.717, 1.165) is 16.2 Å². The predicted octanol–water partition coefficient (Wildman–Crippen LogP) is 3.77. The Labute approximate surface area is 208 Å². The Morgan fingerprint density at radius 3 is 2.61 bits per heavy atom. The van der Waals surface area contributed by atoms with Crippen molar-refractivity contribution in [2.75, 3.05) is 25.2 Å². The zero-order valence-electron chi connectivity index (χ0n) is 19.1. The average molecular weight is 510 g/mol. The smallest absolute Gasteiger partial charge is 0.350 e. The summed E-state index contributed by atoms with van der Waals surface area (Å²) in [6, 6.07) is 8.85. The minimum absolute atomic E-state index is 0.00974. The fourth-order valence-corrected chi connectivity index (χ4v) is 5.15. The lowest BCUT2D eigenvalue weighted by Gasteiger charge is -2.23. The summed E-state index contributed by atoms with van der Waals surface area (Å²) in [5.41, 5.74) is 0.115. The molecule has 3 aromatic rings. The number of fused-ring (bicyclic) bond motifs is 1. The maximum atomic E-state index is 15.0. The number of ether oxygens (including phenoxy) is 3. The number of Topliss-reactive ketones (excluding diaryl/α,β-unsaturated/α-hetero) is 1. The molecule has 1 saturated heterocycles. The van der Waals surface area contributed by atoms with Gasteiger partial charge in [-0.1, -0.05) is 29.5 Å². The molecule has 184 valence electrons. The zero-order valence-corrected chi connectivity index (χ0v) is 19.9. The summed E-state index contributed by atoms with van der Waals surface area (Å²) in [6.45, 7) is 2.23. The van der Waals surface area contributed by atoms with Crippen LogP contribution in [0.3, 0.4) is 0 Å². The van der Waals surface area contributed by atoms with E-state index in [1.54, 1.807) is 19.1 Å².